The van der Waals surface area contributed by atoms with Gasteiger partial charge in [-0.25, -0.2) is 4.98 Å². The predicted octanol–water partition coefficient (Wildman–Crippen LogP) is 3.22. The fraction of sp³-hybridized carbons (Fsp3) is 0.500. The summed E-state index contributed by atoms with van der Waals surface area (Å²) in [7, 11) is 1.87. The lowest BCUT2D eigenvalue weighted by Gasteiger charge is -2.18. The van der Waals surface area contributed by atoms with Crippen molar-refractivity contribution in [1.82, 2.24) is 15.1 Å². The number of hydrogen-bond donors (Lipinski definition) is 0. The molecule has 2 heterocycles. The van der Waals surface area contributed by atoms with Crippen molar-refractivity contribution in [1.29, 1.82) is 5.26 Å². The molecule has 0 aromatic carbocycles. The van der Waals surface area contributed by atoms with Crippen LogP contribution >= 0.6 is 0 Å². The van der Waals surface area contributed by atoms with Gasteiger partial charge in [0.25, 0.3) is 0 Å². The summed E-state index contributed by atoms with van der Waals surface area (Å²) >= 11 is 0. The summed E-state index contributed by atoms with van der Waals surface area (Å²) < 4.78 is 5.26. The Balaban J connectivity index is 2.25. The summed E-state index contributed by atoms with van der Waals surface area (Å²) in [4.78, 5) is 10.8. The Morgan fingerprint density at radius 1 is 1.18 bits per heavy atom. The number of hydrogen-bond acceptors (Lipinski definition) is 6. The molecule has 116 valence electrons. The minimum Gasteiger partial charge on any atom is -0.349 e. The number of aromatic nitrogens is 3. The van der Waals surface area contributed by atoms with Gasteiger partial charge < -0.3 is 9.42 Å². The van der Waals surface area contributed by atoms with Crippen LogP contribution in [0.1, 0.15) is 62.5 Å². The Labute approximate surface area is 130 Å². The average Bonchev–Trinajstić information content (AvgIpc) is 2.95. The third kappa shape index (κ3) is 3.42. The molecule has 0 radical (unpaired) electrons. The van der Waals surface area contributed by atoms with Crippen molar-refractivity contribution in [3.05, 3.63) is 35.1 Å². The van der Waals surface area contributed by atoms with Crippen molar-refractivity contribution in [3.63, 3.8) is 0 Å². The summed E-state index contributed by atoms with van der Waals surface area (Å²) in [6.45, 7) is 8.60. The number of nitrogens with zero attached hydrogens (tertiary/aromatic N) is 5. The SMILES string of the molecule is CC(C)c1ccc(C#N)c(N(C)Cc2nc(C(C)C)no2)n1. The van der Waals surface area contributed by atoms with Crippen LogP contribution in [0.2, 0.25) is 0 Å². The monoisotopic (exact) mass is 299 g/mol. The third-order valence-corrected chi connectivity index (χ3v) is 3.34. The quantitative estimate of drug-likeness (QED) is 0.843. The molecule has 0 amide bonds. The van der Waals surface area contributed by atoms with Crippen molar-refractivity contribution in [2.24, 2.45) is 0 Å². The highest BCUT2D eigenvalue weighted by molar-refractivity contribution is 5.54. The molecule has 2 aromatic heterocycles. The Morgan fingerprint density at radius 3 is 2.45 bits per heavy atom. The summed E-state index contributed by atoms with van der Waals surface area (Å²) in [5.41, 5.74) is 1.49. The Morgan fingerprint density at radius 2 is 1.91 bits per heavy atom. The first-order chi connectivity index (χ1) is 10.4. The zero-order chi connectivity index (χ0) is 16.3. The van der Waals surface area contributed by atoms with E-state index < -0.39 is 0 Å². The maximum atomic E-state index is 9.27. The molecule has 2 rings (SSSR count). The van der Waals surface area contributed by atoms with Crippen LogP contribution in [0.15, 0.2) is 16.7 Å². The van der Waals surface area contributed by atoms with Crippen molar-refractivity contribution in [2.45, 2.75) is 46.1 Å². The van der Waals surface area contributed by atoms with Crippen LogP contribution in [0.3, 0.4) is 0 Å². The van der Waals surface area contributed by atoms with E-state index >= 15 is 0 Å². The van der Waals surface area contributed by atoms with E-state index in [0.717, 1.165) is 5.69 Å². The fourth-order valence-corrected chi connectivity index (χ4v) is 2.01. The van der Waals surface area contributed by atoms with Crippen LogP contribution < -0.4 is 4.90 Å². The number of rotatable bonds is 5. The van der Waals surface area contributed by atoms with Gasteiger partial charge in [-0.3, -0.25) is 0 Å². The van der Waals surface area contributed by atoms with Crippen molar-refractivity contribution in [3.8, 4) is 6.07 Å². The average molecular weight is 299 g/mol. The van der Waals surface area contributed by atoms with Gasteiger partial charge in [-0.05, 0) is 18.1 Å². The van der Waals surface area contributed by atoms with Crippen molar-refractivity contribution >= 4 is 5.82 Å². The first-order valence-electron chi connectivity index (χ1n) is 7.37. The van der Waals surface area contributed by atoms with Crippen LogP contribution in [-0.2, 0) is 6.54 Å². The topological polar surface area (TPSA) is 78.8 Å². The van der Waals surface area contributed by atoms with Crippen molar-refractivity contribution in [2.75, 3.05) is 11.9 Å². The highest BCUT2D eigenvalue weighted by Crippen LogP contribution is 2.22. The van der Waals surface area contributed by atoms with E-state index in [0.29, 0.717) is 35.6 Å². The molecule has 6 heteroatoms. The molecule has 0 saturated carbocycles. The molecule has 2 aromatic rings. The standard InChI is InChI=1S/C16H21N5O/c1-10(2)13-7-6-12(8-17)16(18-13)21(5)9-14-19-15(11(3)4)20-22-14/h6-7,10-11H,9H2,1-5H3. The van der Waals surface area contributed by atoms with Crippen LogP contribution in [-0.4, -0.2) is 22.2 Å². The van der Waals surface area contributed by atoms with Gasteiger partial charge in [-0.2, -0.15) is 10.2 Å². The van der Waals surface area contributed by atoms with E-state index in [-0.39, 0.29) is 5.92 Å². The summed E-state index contributed by atoms with van der Waals surface area (Å²) in [6, 6.07) is 5.88. The van der Waals surface area contributed by atoms with E-state index in [2.05, 4.69) is 35.0 Å². The molecule has 0 bridgehead atoms. The Kier molecular flexibility index (Phi) is 4.76. The molecule has 0 unspecified atom stereocenters. The molecule has 22 heavy (non-hydrogen) atoms. The molecule has 0 spiro atoms. The largest absolute Gasteiger partial charge is 0.349 e. The van der Waals surface area contributed by atoms with Gasteiger partial charge in [0, 0.05) is 18.7 Å². The highest BCUT2D eigenvalue weighted by Gasteiger charge is 2.16. The fourth-order valence-electron chi connectivity index (χ4n) is 2.01. The molecular formula is C16H21N5O. The van der Waals surface area contributed by atoms with E-state index in [1.54, 1.807) is 0 Å². The second-order valence-electron chi connectivity index (χ2n) is 5.93. The smallest absolute Gasteiger partial charge is 0.246 e. The highest BCUT2D eigenvalue weighted by atomic mass is 16.5. The summed E-state index contributed by atoms with van der Waals surface area (Å²) in [6.07, 6.45) is 0. The predicted molar refractivity (Wildman–Crippen MR) is 83.5 cm³/mol. The summed E-state index contributed by atoms with van der Waals surface area (Å²) in [5.74, 6) is 2.37. The van der Waals surface area contributed by atoms with Gasteiger partial charge in [-0.1, -0.05) is 32.9 Å². The molecule has 6 nitrogen and oxygen atoms in total. The second-order valence-corrected chi connectivity index (χ2v) is 5.93. The van der Waals surface area contributed by atoms with E-state index in [9.17, 15) is 5.26 Å². The van der Waals surface area contributed by atoms with E-state index in [1.807, 2.05) is 37.9 Å². The van der Waals surface area contributed by atoms with Gasteiger partial charge in [0.1, 0.15) is 11.9 Å². The van der Waals surface area contributed by atoms with Crippen LogP contribution in [0.4, 0.5) is 5.82 Å². The molecule has 0 aliphatic heterocycles. The van der Waals surface area contributed by atoms with Gasteiger partial charge in [-0.15, -0.1) is 0 Å². The third-order valence-electron chi connectivity index (χ3n) is 3.34. The molecule has 0 atom stereocenters. The Bertz CT molecular complexity index is 684. The van der Waals surface area contributed by atoms with Gasteiger partial charge in [0.05, 0.1) is 12.1 Å². The van der Waals surface area contributed by atoms with E-state index in [1.165, 1.54) is 0 Å². The lowest BCUT2D eigenvalue weighted by atomic mass is 10.1. The lowest BCUT2D eigenvalue weighted by molar-refractivity contribution is 0.370. The number of pyridine rings is 1. The lowest BCUT2D eigenvalue weighted by Crippen LogP contribution is -2.20. The molecule has 0 aliphatic rings. The number of nitriles is 1. The van der Waals surface area contributed by atoms with Gasteiger partial charge in [0.15, 0.2) is 5.82 Å². The van der Waals surface area contributed by atoms with Gasteiger partial charge in [0.2, 0.25) is 5.89 Å². The minimum absolute atomic E-state index is 0.222. The zero-order valence-electron chi connectivity index (χ0n) is 13.7. The maximum Gasteiger partial charge on any atom is 0.246 e. The van der Waals surface area contributed by atoms with Crippen LogP contribution in [0, 0.1) is 11.3 Å². The van der Waals surface area contributed by atoms with Gasteiger partial charge >= 0.3 is 0 Å². The zero-order valence-corrected chi connectivity index (χ0v) is 13.7. The second kappa shape index (κ2) is 6.56. The van der Waals surface area contributed by atoms with Crippen LogP contribution in [0.5, 0.6) is 0 Å². The molecular weight excluding hydrogens is 278 g/mol. The normalized spacial score (nSPS) is 11.0. The summed E-state index contributed by atoms with van der Waals surface area (Å²) in [5, 5.41) is 13.2. The Hall–Kier alpha value is -2.42. The minimum atomic E-state index is 0.222. The maximum absolute atomic E-state index is 9.27. The first kappa shape index (κ1) is 16.0. The molecule has 0 saturated heterocycles. The molecule has 0 aliphatic carbocycles. The molecule has 0 N–H and O–H groups in total. The number of anilines is 1. The van der Waals surface area contributed by atoms with E-state index in [4.69, 9.17) is 4.52 Å². The van der Waals surface area contributed by atoms with Crippen molar-refractivity contribution < 1.29 is 4.52 Å². The first-order valence-corrected chi connectivity index (χ1v) is 7.37. The van der Waals surface area contributed by atoms with Crippen LogP contribution in [0.25, 0.3) is 0 Å². The molecule has 0 fully saturated rings.